The second-order valence-corrected chi connectivity index (χ2v) is 7.20. The maximum atomic E-state index is 11.9. The molecule has 0 bridgehead atoms. The van der Waals surface area contributed by atoms with Crippen LogP contribution in [0.3, 0.4) is 0 Å². The molecule has 148 valence electrons. The number of carbonyl (C=O) groups is 1. The number of hydrogen-bond acceptors (Lipinski definition) is 6. The van der Waals surface area contributed by atoms with E-state index in [2.05, 4.69) is 20.5 Å². The third-order valence-electron chi connectivity index (χ3n) is 4.71. The van der Waals surface area contributed by atoms with Gasteiger partial charge in [0.05, 0.1) is 5.69 Å². The molecule has 1 saturated heterocycles. The topological polar surface area (TPSA) is 96.2 Å². The molecule has 0 spiro atoms. The highest BCUT2D eigenvalue weighted by Crippen LogP contribution is 2.26. The number of carbonyl (C=O) groups excluding carboxylic acids is 1. The van der Waals surface area contributed by atoms with Gasteiger partial charge in [0.1, 0.15) is 11.6 Å². The van der Waals surface area contributed by atoms with Crippen molar-refractivity contribution >= 4 is 34.8 Å². The molecular formula is C21H21ClN6O. The Morgan fingerprint density at radius 3 is 2.59 bits per heavy atom. The van der Waals surface area contributed by atoms with Crippen LogP contribution in [0.15, 0.2) is 54.7 Å². The lowest BCUT2D eigenvalue weighted by atomic mass is 10.1. The highest BCUT2D eigenvalue weighted by molar-refractivity contribution is 6.30. The van der Waals surface area contributed by atoms with E-state index in [1.807, 2.05) is 36.4 Å². The number of nitrogens with two attached hydrogens (primary N) is 1. The van der Waals surface area contributed by atoms with Gasteiger partial charge in [-0.2, -0.15) is 0 Å². The maximum absolute atomic E-state index is 11.9. The molecule has 0 unspecified atom stereocenters. The van der Waals surface area contributed by atoms with Gasteiger partial charge in [-0.25, -0.2) is 9.97 Å². The number of anilines is 3. The number of rotatable bonds is 5. The standard InChI is InChI=1S/C21H21ClN6O/c22-16-1-3-17(4-2-16)26-19-12-14(5-6-25-19)18-11-15(21(23)29)13-20(27-18)28-9-7-24-8-10-28/h1-6,11-13,24H,7-10H2,(H2,23,29)(H,25,26). The van der Waals surface area contributed by atoms with Crippen LogP contribution in [0.4, 0.5) is 17.3 Å². The summed E-state index contributed by atoms with van der Waals surface area (Å²) in [5.74, 6) is 0.945. The largest absolute Gasteiger partial charge is 0.366 e. The van der Waals surface area contributed by atoms with Crippen molar-refractivity contribution in [3.05, 3.63) is 65.3 Å². The maximum Gasteiger partial charge on any atom is 0.248 e. The van der Waals surface area contributed by atoms with Crippen LogP contribution in [0.5, 0.6) is 0 Å². The van der Waals surface area contributed by atoms with E-state index in [1.54, 1.807) is 18.3 Å². The van der Waals surface area contributed by atoms with Crippen LogP contribution in [-0.2, 0) is 0 Å². The van der Waals surface area contributed by atoms with E-state index in [0.717, 1.165) is 43.2 Å². The molecule has 0 aliphatic carbocycles. The highest BCUT2D eigenvalue weighted by Gasteiger charge is 2.16. The Hall–Kier alpha value is -3.16. The first-order valence-corrected chi connectivity index (χ1v) is 9.73. The van der Waals surface area contributed by atoms with Gasteiger partial charge in [0, 0.05) is 54.2 Å². The number of hydrogen-bond donors (Lipinski definition) is 3. The van der Waals surface area contributed by atoms with Gasteiger partial charge in [0.2, 0.25) is 5.91 Å². The van der Waals surface area contributed by atoms with E-state index in [1.165, 1.54) is 0 Å². The zero-order valence-corrected chi connectivity index (χ0v) is 16.5. The third-order valence-corrected chi connectivity index (χ3v) is 4.96. The van der Waals surface area contributed by atoms with Gasteiger partial charge < -0.3 is 21.3 Å². The number of piperazine rings is 1. The Kier molecular flexibility index (Phi) is 5.59. The van der Waals surface area contributed by atoms with E-state index in [4.69, 9.17) is 22.3 Å². The smallest absolute Gasteiger partial charge is 0.248 e. The van der Waals surface area contributed by atoms with E-state index in [9.17, 15) is 4.79 Å². The predicted molar refractivity (Wildman–Crippen MR) is 116 cm³/mol. The first-order valence-electron chi connectivity index (χ1n) is 9.35. The number of halogens is 1. The van der Waals surface area contributed by atoms with Crippen LogP contribution in [0.1, 0.15) is 10.4 Å². The second-order valence-electron chi connectivity index (χ2n) is 6.76. The fourth-order valence-corrected chi connectivity index (χ4v) is 3.33. The molecule has 0 saturated carbocycles. The Labute approximate surface area is 173 Å². The van der Waals surface area contributed by atoms with Gasteiger partial charge in [-0.3, -0.25) is 4.79 Å². The Balaban J connectivity index is 1.67. The lowest BCUT2D eigenvalue weighted by molar-refractivity contribution is 0.1000. The van der Waals surface area contributed by atoms with Gasteiger partial charge in [-0.15, -0.1) is 0 Å². The Morgan fingerprint density at radius 1 is 1.10 bits per heavy atom. The lowest BCUT2D eigenvalue weighted by Gasteiger charge is -2.29. The summed E-state index contributed by atoms with van der Waals surface area (Å²) in [5, 5.41) is 7.24. The number of primary amides is 1. The molecule has 4 rings (SSSR count). The van der Waals surface area contributed by atoms with Gasteiger partial charge in [-0.1, -0.05) is 11.6 Å². The minimum atomic E-state index is -0.474. The molecular weight excluding hydrogens is 388 g/mol. The van der Waals surface area contributed by atoms with E-state index < -0.39 is 5.91 Å². The summed E-state index contributed by atoms with van der Waals surface area (Å²) in [4.78, 5) is 23.2. The second kappa shape index (κ2) is 8.46. The van der Waals surface area contributed by atoms with Crippen LogP contribution in [0.2, 0.25) is 5.02 Å². The van der Waals surface area contributed by atoms with Crippen molar-refractivity contribution in [1.82, 2.24) is 15.3 Å². The number of nitrogens with zero attached hydrogens (tertiary/aromatic N) is 3. The van der Waals surface area contributed by atoms with Crippen LogP contribution in [0.25, 0.3) is 11.3 Å². The van der Waals surface area contributed by atoms with Crippen LogP contribution < -0.4 is 21.3 Å². The fourth-order valence-electron chi connectivity index (χ4n) is 3.20. The molecule has 29 heavy (non-hydrogen) atoms. The highest BCUT2D eigenvalue weighted by atomic mass is 35.5. The number of nitrogens with one attached hydrogen (secondary N) is 2. The minimum Gasteiger partial charge on any atom is -0.366 e. The molecule has 7 nitrogen and oxygen atoms in total. The van der Waals surface area contributed by atoms with E-state index in [-0.39, 0.29) is 0 Å². The Morgan fingerprint density at radius 2 is 1.86 bits per heavy atom. The number of aromatic nitrogens is 2. The zero-order chi connectivity index (χ0) is 20.2. The molecule has 4 N–H and O–H groups in total. The number of benzene rings is 1. The van der Waals surface area contributed by atoms with E-state index >= 15 is 0 Å². The van der Waals surface area contributed by atoms with Gasteiger partial charge in [0.15, 0.2) is 0 Å². The van der Waals surface area contributed by atoms with Crippen LogP contribution in [-0.4, -0.2) is 42.1 Å². The molecule has 2 aromatic heterocycles. The lowest BCUT2D eigenvalue weighted by Crippen LogP contribution is -2.44. The van der Waals surface area contributed by atoms with Gasteiger partial charge in [-0.05, 0) is 48.5 Å². The number of amides is 1. The predicted octanol–water partition coefficient (Wildman–Crippen LogP) is 3.05. The summed E-state index contributed by atoms with van der Waals surface area (Å²) in [5.41, 5.74) is 8.40. The van der Waals surface area contributed by atoms with Crippen LogP contribution in [0, 0.1) is 0 Å². The summed E-state index contributed by atoms with van der Waals surface area (Å²) in [6.07, 6.45) is 1.71. The molecule has 1 aliphatic heterocycles. The molecule has 3 heterocycles. The van der Waals surface area contributed by atoms with Crippen LogP contribution >= 0.6 is 11.6 Å². The molecule has 1 aromatic carbocycles. The monoisotopic (exact) mass is 408 g/mol. The van der Waals surface area contributed by atoms with E-state index in [0.29, 0.717) is 22.1 Å². The average Bonchev–Trinajstić information content (AvgIpc) is 2.76. The minimum absolute atomic E-state index is 0.438. The molecule has 1 amide bonds. The third kappa shape index (κ3) is 4.64. The van der Waals surface area contributed by atoms with Crippen molar-refractivity contribution in [2.75, 3.05) is 36.4 Å². The van der Waals surface area contributed by atoms with Gasteiger partial charge >= 0.3 is 0 Å². The van der Waals surface area contributed by atoms with Gasteiger partial charge in [0.25, 0.3) is 0 Å². The van der Waals surface area contributed by atoms with Crippen molar-refractivity contribution in [1.29, 1.82) is 0 Å². The molecule has 1 fully saturated rings. The molecule has 3 aromatic rings. The van der Waals surface area contributed by atoms with Crippen molar-refractivity contribution in [2.45, 2.75) is 0 Å². The quantitative estimate of drug-likeness (QED) is 0.600. The number of pyridine rings is 2. The van der Waals surface area contributed by atoms with Crippen molar-refractivity contribution in [3.8, 4) is 11.3 Å². The first-order chi connectivity index (χ1) is 14.1. The summed E-state index contributed by atoms with van der Waals surface area (Å²) in [6, 6.07) is 14.6. The Bertz CT molecular complexity index is 1020. The zero-order valence-electron chi connectivity index (χ0n) is 15.7. The summed E-state index contributed by atoms with van der Waals surface area (Å²) in [6.45, 7) is 3.41. The summed E-state index contributed by atoms with van der Waals surface area (Å²) < 4.78 is 0. The summed E-state index contributed by atoms with van der Waals surface area (Å²) in [7, 11) is 0. The van der Waals surface area contributed by atoms with Crippen molar-refractivity contribution in [3.63, 3.8) is 0 Å². The average molecular weight is 409 g/mol. The van der Waals surface area contributed by atoms with Crippen molar-refractivity contribution < 1.29 is 4.79 Å². The molecule has 0 atom stereocenters. The SMILES string of the molecule is NC(=O)c1cc(-c2ccnc(Nc3ccc(Cl)cc3)c2)nc(N2CCNCC2)c1. The fraction of sp³-hybridized carbons (Fsp3) is 0.190. The van der Waals surface area contributed by atoms with Crippen molar-refractivity contribution in [2.24, 2.45) is 5.73 Å². The normalized spacial score (nSPS) is 13.9. The first kappa shape index (κ1) is 19.2. The molecule has 0 radical (unpaired) electrons. The summed E-state index contributed by atoms with van der Waals surface area (Å²) >= 11 is 5.94. The molecule has 8 heteroatoms. The molecule has 1 aliphatic rings.